The molecule has 1 N–H and O–H groups in total. The predicted molar refractivity (Wildman–Crippen MR) is 64.2 cm³/mol. The summed E-state index contributed by atoms with van der Waals surface area (Å²) in [5.41, 5.74) is 2.04. The summed E-state index contributed by atoms with van der Waals surface area (Å²) in [5.74, 6) is -0.214. The van der Waals surface area contributed by atoms with E-state index in [9.17, 15) is 4.39 Å². The van der Waals surface area contributed by atoms with E-state index in [4.69, 9.17) is 0 Å². The second-order valence-electron chi connectivity index (χ2n) is 3.60. The summed E-state index contributed by atoms with van der Waals surface area (Å²) in [6, 6.07) is 6.56. The molecule has 0 amide bonds. The van der Waals surface area contributed by atoms with Crippen LogP contribution in [0.5, 0.6) is 0 Å². The monoisotopic (exact) mass is 236 g/mol. The van der Waals surface area contributed by atoms with Gasteiger partial charge in [-0.2, -0.15) is 0 Å². The van der Waals surface area contributed by atoms with Crippen molar-refractivity contribution in [1.29, 1.82) is 0 Å². The summed E-state index contributed by atoms with van der Waals surface area (Å²) in [6.45, 7) is 1.97. The fraction of sp³-hybridized carbons (Fsp3) is 0.250. The first kappa shape index (κ1) is 11.2. The van der Waals surface area contributed by atoms with E-state index in [2.05, 4.69) is 10.3 Å². The molecule has 0 aliphatic rings. The first-order valence-electron chi connectivity index (χ1n) is 5.05. The van der Waals surface area contributed by atoms with Crippen LogP contribution in [-0.2, 0) is 0 Å². The third kappa shape index (κ3) is 2.28. The highest BCUT2D eigenvalue weighted by Crippen LogP contribution is 2.24. The Morgan fingerprint density at radius 2 is 2.00 bits per heavy atom. The third-order valence-electron chi connectivity index (χ3n) is 2.38. The molecule has 1 aromatic carbocycles. The third-order valence-corrected chi connectivity index (χ3v) is 3.40. The van der Waals surface area contributed by atoms with E-state index >= 15 is 0 Å². The smallest absolute Gasteiger partial charge is 0.123 e. The van der Waals surface area contributed by atoms with Crippen molar-refractivity contribution < 1.29 is 4.39 Å². The zero-order valence-corrected chi connectivity index (χ0v) is 10.0. The van der Waals surface area contributed by atoms with Gasteiger partial charge in [0.2, 0.25) is 0 Å². The van der Waals surface area contributed by atoms with E-state index in [1.807, 2.05) is 19.4 Å². The van der Waals surface area contributed by atoms with E-state index in [0.29, 0.717) is 0 Å². The van der Waals surface area contributed by atoms with Gasteiger partial charge in [-0.05, 0) is 31.7 Å². The van der Waals surface area contributed by atoms with Crippen molar-refractivity contribution in [2.75, 3.05) is 7.05 Å². The molecule has 0 saturated heterocycles. The van der Waals surface area contributed by atoms with Gasteiger partial charge in [0.25, 0.3) is 0 Å². The lowest BCUT2D eigenvalue weighted by Gasteiger charge is -2.13. The molecule has 1 aromatic heterocycles. The molecule has 16 heavy (non-hydrogen) atoms. The number of nitrogens with one attached hydrogen (secondary N) is 1. The molecule has 0 aliphatic carbocycles. The van der Waals surface area contributed by atoms with Crippen molar-refractivity contribution in [3.63, 3.8) is 0 Å². The molecule has 2 nitrogen and oxygen atoms in total. The van der Waals surface area contributed by atoms with Crippen LogP contribution in [0.15, 0.2) is 29.6 Å². The lowest BCUT2D eigenvalue weighted by molar-refractivity contribution is 0.623. The van der Waals surface area contributed by atoms with Gasteiger partial charge < -0.3 is 5.32 Å². The van der Waals surface area contributed by atoms with E-state index in [1.54, 1.807) is 23.5 Å². The fourth-order valence-electron chi connectivity index (χ4n) is 1.59. The maximum Gasteiger partial charge on any atom is 0.123 e. The molecule has 1 atom stereocenters. The number of aromatic nitrogens is 1. The second-order valence-corrected chi connectivity index (χ2v) is 4.49. The molecule has 0 radical (unpaired) electrons. The number of halogens is 1. The average Bonchev–Trinajstić information content (AvgIpc) is 2.69. The van der Waals surface area contributed by atoms with Crippen LogP contribution in [-0.4, -0.2) is 12.0 Å². The highest BCUT2D eigenvalue weighted by atomic mass is 32.1. The van der Waals surface area contributed by atoms with Crippen LogP contribution < -0.4 is 5.32 Å². The van der Waals surface area contributed by atoms with Gasteiger partial charge in [0, 0.05) is 11.1 Å². The summed E-state index contributed by atoms with van der Waals surface area (Å²) in [4.78, 5) is 4.44. The molecule has 0 bridgehead atoms. The lowest BCUT2D eigenvalue weighted by atomic mass is 10.1. The molecular formula is C12H13FN2S. The molecule has 0 aliphatic heterocycles. The second kappa shape index (κ2) is 4.72. The lowest BCUT2D eigenvalue weighted by Crippen LogP contribution is -2.17. The molecule has 4 heteroatoms. The SMILES string of the molecule is CNC(c1ccc(F)cc1)c1nc(C)cs1. The molecule has 0 saturated carbocycles. The Hall–Kier alpha value is -1.26. The minimum atomic E-state index is -0.214. The van der Waals surface area contributed by atoms with Gasteiger partial charge in [-0.1, -0.05) is 12.1 Å². The maximum atomic E-state index is 12.8. The average molecular weight is 236 g/mol. The Morgan fingerprint density at radius 1 is 1.31 bits per heavy atom. The number of nitrogens with zero attached hydrogens (tertiary/aromatic N) is 1. The molecular weight excluding hydrogens is 223 g/mol. The van der Waals surface area contributed by atoms with Crippen molar-refractivity contribution >= 4 is 11.3 Å². The minimum absolute atomic E-state index is 0.0410. The fourth-order valence-corrected chi connectivity index (χ4v) is 2.52. The zero-order chi connectivity index (χ0) is 11.5. The summed E-state index contributed by atoms with van der Waals surface area (Å²) >= 11 is 1.61. The Balaban J connectivity index is 2.32. The maximum absolute atomic E-state index is 12.8. The van der Waals surface area contributed by atoms with Crippen LogP contribution >= 0.6 is 11.3 Å². The van der Waals surface area contributed by atoms with Crippen molar-refractivity contribution in [3.05, 3.63) is 51.7 Å². The topological polar surface area (TPSA) is 24.9 Å². The number of hydrogen-bond acceptors (Lipinski definition) is 3. The number of rotatable bonds is 3. The summed E-state index contributed by atoms with van der Waals surface area (Å²) in [6.07, 6.45) is 0. The van der Waals surface area contributed by atoms with Crippen LogP contribution in [0.25, 0.3) is 0 Å². The Bertz CT molecular complexity index is 464. The summed E-state index contributed by atoms with van der Waals surface area (Å²) in [5, 5.41) is 6.22. The van der Waals surface area contributed by atoms with Gasteiger partial charge in [-0.3, -0.25) is 0 Å². The predicted octanol–water partition coefficient (Wildman–Crippen LogP) is 2.90. The van der Waals surface area contributed by atoms with E-state index < -0.39 is 0 Å². The van der Waals surface area contributed by atoms with E-state index in [0.717, 1.165) is 16.3 Å². The molecule has 0 spiro atoms. The van der Waals surface area contributed by atoms with Gasteiger partial charge in [-0.25, -0.2) is 9.37 Å². The number of thiazole rings is 1. The standard InChI is InChI=1S/C12H13FN2S/c1-8-7-16-12(15-8)11(14-2)9-3-5-10(13)6-4-9/h3-7,11,14H,1-2H3. The number of aryl methyl sites for hydroxylation is 1. The quantitative estimate of drug-likeness (QED) is 0.886. The molecule has 1 unspecified atom stereocenters. The first-order valence-corrected chi connectivity index (χ1v) is 5.93. The van der Waals surface area contributed by atoms with Crippen LogP contribution in [0, 0.1) is 12.7 Å². The zero-order valence-electron chi connectivity index (χ0n) is 9.20. The molecule has 2 rings (SSSR count). The van der Waals surface area contributed by atoms with Crippen LogP contribution in [0.3, 0.4) is 0 Å². The minimum Gasteiger partial charge on any atom is -0.307 e. The highest BCUT2D eigenvalue weighted by molar-refractivity contribution is 7.09. The van der Waals surface area contributed by atoms with Crippen LogP contribution in [0.2, 0.25) is 0 Å². The summed E-state index contributed by atoms with van der Waals surface area (Å²) in [7, 11) is 1.88. The van der Waals surface area contributed by atoms with Gasteiger partial charge in [-0.15, -0.1) is 11.3 Å². The van der Waals surface area contributed by atoms with Gasteiger partial charge >= 0.3 is 0 Å². The molecule has 2 aromatic rings. The van der Waals surface area contributed by atoms with Gasteiger partial charge in [0.1, 0.15) is 10.8 Å². The van der Waals surface area contributed by atoms with E-state index in [1.165, 1.54) is 12.1 Å². The van der Waals surface area contributed by atoms with Crippen molar-refractivity contribution in [2.24, 2.45) is 0 Å². The first-order chi connectivity index (χ1) is 7.70. The Kier molecular flexibility index (Phi) is 3.31. The van der Waals surface area contributed by atoms with Crippen molar-refractivity contribution in [1.82, 2.24) is 10.3 Å². The van der Waals surface area contributed by atoms with Crippen LogP contribution in [0.1, 0.15) is 22.3 Å². The normalized spacial score (nSPS) is 12.7. The number of benzene rings is 1. The van der Waals surface area contributed by atoms with Crippen molar-refractivity contribution in [3.8, 4) is 0 Å². The Labute approximate surface area is 98.2 Å². The largest absolute Gasteiger partial charge is 0.307 e. The van der Waals surface area contributed by atoms with Crippen LogP contribution in [0.4, 0.5) is 4.39 Å². The summed E-state index contributed by atoms with van der Waals surface area (Å²) < 4.78 is 12.8. The van der Waals surface area contributed by atoms with Crippen molar-refractivity contribution in [2.45, 2.75) is 13.0 Å². The van der Waals surface area contributed by atoms with Gasteiger partial charge in [0.15, 0.2) is 0 Å². The highest BCUT2D eigenvalue weighted by Gasteiger charge is 2.14. The Morgan fingerprint density at radius 3 is 2.50 bits per heavy atom. The molecule has 84 valence electrons. The van der Waals surface area contributed by atoms with E-state index in [-0.39, 0.29) is 11.9 Å². The number of hydrogen-bond donors (Lipinski definition) is 1. The molecule has 1 heterocycles. The van der Waals surface area contributed by atoms with Gasteiger partial charge in [0.05, 0.1) is 6.04 Å². The molecule has 0 fully saturated rings.